The second-order valence-electron chi connectivity index (χ2n) is 10.1. The number of carbonyl (C=O) groups excluding carboxylic acids is 2. The number of amides is 2. The van der Waals surface area contributed by atoms with Crippen molar-refractivity contribution >= 4 is 46.2 Å². The fraction of sp³-hybridized carbons (Fsp3) is 0.500. The molecule has 2 aromatic rings. The number of aliphatic hydroxyl groups excluding tert-OH is 1. The van der Waals surface area contributed by atoms with Crippen molar-refractivity contribution in [1.29, 1.82) is 0 Å². The molecule has 2 aromatic carbocycles. The maximum absolute atomic E-state index is 14.1. The molecule has 2 N–H and O–H groups in total. The van der Waals surface area contributed by atoms with Crippen LogP contribution in [0.4, 0.5) is 0 Å². The molecule has 2 aliphatic rings. The van der Waals surface area contributed by atoms with E-state index in [-0.39, 0.29) is 43.0 Å². The summed E-state index contributed by atoms with van der Waals surface area (Å²) in [5.41, 5.74) is 2.97. The summed E-state index contributed by atoms with van der Waals surface area (Å²) in [7, 11) is 0. The first-order chi connectivity index (χ1) is 16.7. The lowest BCUT2D eigenvalue weighted by atomic mass is 9.88. The Morgan fingerprint density at radius 2 is 1.86 bits per heavy atom. The molecule has 0 bridgehead atoms. The first-order valence-corrected chi connectivity index (χ1v) is 14.4. The number of aryl methyl sites for hydroxylation is 1. The number of carbonyl (C=O) groups is 2. The molecule has 0 aromatic heterocycles. The summed E-state index contributed by atoms with van der Waals surface area (Å²) in [4.78, 5) is 31.0. The van der Waals surface area contributed by atoms with Crippen LogP contribution in [-0.2, 0) is 16.2 Å². The molecule has 35 heavy (non-hydrogen) atoms. The van der Waals surface area contributed by atoms with Crippen molar-refractivity contribution < 1.29 is 14.7 Å². The highest BCUT2D eigenvalue weighted by atomic mass is 127. The van der Waals surface area contributed by atoms with Gasteiger partial charge in [0.2, 0.25) is 11.8 Å². The van der Waals surface area contributed by atoms with Crippen molar-refractivity contribution in [3.8, 4) is 0 Å². The number of rotatable bonds is 7. The van der Waals surface area contributed by atoms with Crippen molar-refractivity contribution in [1.82, 2.24) is 10.2 Å². The van der Waals surface area contributed by atoms with Crippen molar-refractivity contribution in [3.05, 3.63) is 62.7 Å². The first-order valence-electron chi connectivity index (χ1n) is 12.5. The number of nitrogens with zero attached hydrogens (tertiary/aromatic N) is 1. The summed E-state index contributed by atoms with van der Waals surface area (Å²) in [6.07, 6.45) is 5.54. The fourth-order valence-corrected chi connectivity index (χ4v) is 7.66. The van der Waals surface area contributed by atoms with E-state index >= 15 is 0 Å². The maximum Gasteiger partial charge on any atom is 0.239 e. The zero-order valence-corrected chi connectivity index (χ0v) is 23.7. The second-order valence-corrected chi connectivity index (χ2v) is 12.7. The Balaban J connectivity index is 1.88. The summed E-state index contributed by atoms with van der Waals surface area (Å²) in [6.45, 7) is 5.94. The highest BCUT2D eigenvalue weighted by Gasteiger charge is 2.59. The Labute approximate surface area is 226 Å². The predicted octanol–water partition coefficient (Wildman–Crippen LogP) is 5.75. The van der Waals surface area contributed by atoms with E-state index in [4.69, 9.17) is 0 Å². The molecule has 1 saturated heterocycles. The average molecular weight is 607 g/mol. The third-order valence-corrected chi connectivity index (χ3v) is 9.42. The topological polar surface area (TPSA) is 69.6 Å². The van der Waals surface area contributed by atoms with E-state index in [9.17, 15) is 14.7 Å². The lowest BCUT2D eigenvalue weighted by Crippen LogP contribution is -2.51. The minimum Gasteiger partial charge on any atom is -0.392 e. The molecular formula is C28H35IN2O3S. The molecule has 1 aliphatic heterocycles. The van der Waals surface area contributed by atoms with Crippen LogP contribution in [0.1, 0.15) is 75.1 Å². The highest BCUT2D eigenvalue weighted by Crippen LogP contribution is 2.55. The van der Waals surface area contributed by atoms with E-state index in [0.717, 1.165) is 50.8 Å². The zero-order valence-electron chi connectivity index (χ0n) is 20.7. The van der Waals surface area contributed by atoms with Gasteiger partial charge in [-0.1, -0.05) is 49.1 Å². The smallest absolute Gasteiger partial charge is 0.239 e. The molecule has 188 valence electrons. The number of likely N-dealkylation sites (tertiary alicyclic amines) is 1. The fourth-order valence-electron chi connectivity index (χ4n) is 5.39. The van der Waals surface area contributed by atoms with Crippen LogP contribution in [-0.4, -0.2) is 38.7 Å². The molecule has 4 rings (SSSR count). The second kappa shape index (κ2) is 11.2. The monoisotopic (exact) mass is 606 g/mol. The summed E-state index contributed by atoms with van der Waals surface area (Å²) >= 11 is 3.82. The minimum absolute atomic E-state index is 0.0340. The van der Waals surface area contributed by atoms with Crippen LogP contribution in [0.5, 0.6) is 0 Å². The van der Waals surface area contributed by atoms with Gasteiger partial charge < -0.3 is 15.3 Å². The van der Waals surface area contributed by atoms with Gasteiger partial charge in [0, 0.05) is 20.5 Å². The summed E-state index contributed by atoms with van der Waals surface area (Å²) in [6, 6.07) is 13.8. The average Bonchev–Trinajstić information content (AvgIpc) is 3.13. The van der Waals surface area contributed by atoms with Crippen molar-refractivity contribution in [2.24, 2.45) is 0 Å². The summed E-state index contributed by atoms with van der Waals surface area (Å²) in [5, 5.41) is 12.8. The number of nitrogens with one attached hydrogen (secondary N) is 1. The number of hydrogen-bond acceptors (Lipinski definition) is 4. The van der Waals surface area contributed by atoms with E-state index in [1.165, 1.54) is 18.2 Å². The van der Waals surface area contributed by atoms with Crippen LogP contribution in [0.25, 0.3) is 0 Å². The number of halogens is 1. The van der Waals surface area contributed by atoms with Gasteiger partial charge >= 0.3 is 0 Å². The van der Waals surface area contributed by atoms with Gasteiger partial charge in [-0.15, -0.1) is 11.8 Å². The van der Waals surface area contributed by atoms with Crippen LogP contribution in [0.2, 0.25) is 0 Å². The molecule has 0 unspecified atom stereocenters. The van der Waals surface area contributed by atoms with E-state index in [2.05, 4.69) is 57.1 Å². The van der Waals surface area contributed by atoms with E-state index < -0.39 is 4.75 Å². The Kier molecular flexibility index (Phi) is 8.49. The third kappa shape index (κ3) is 5.57. The first kappa shape index (κ1) is 26.5. The molecule has 2 fully saturated rings. The van der Waals surface area contributed by atoms with Crippen molar-refractivity contribution in [2.75, 3.05) is 0 Å². The molecule has 7 heteroatoms. The van der Waals surface area contributed by atoms with Crippen LogP contribution in [0, 0.1) is 10.5 Å². The zero-order chi connectivity index (χ0) is 25.2. The van der Waals surface area contributed by atoms with Gasteiger partial charge in [-0.05, 0) is 85.5 Å². The Morgan fingerprint density at radius 3 is 2.46 bits per heavy atom. The van der Waals surface area contributed by atoms with Gasteiger partial charge in [-0.3, -0.25) is 9.59 Å². The Hall–Kier alpha value is -1.58. The molecular weight excluding hydrogens is 571 g/mol. The lowest BCUT2D eigenvalue weighted by Gasteiger charge is -2.41. The van der Waals surface area contributed by atoms with Gasteiger partial charge in [0.1, 0.15) is 4.75 Å². The van der Waals surface area contributed by atoms with Crippen molar-refractivity contribution in [3.63, 3.8) is 0 Å². The lowest BCUT2D eigenvalue weighted by molar-refractivity contribution is -0.132. The predicted molar refractivity (Wildman–Crippen MR) is 149 cm³/mol. The molecule has 0 radical (unpaired) electrons. The summed E-state index contributed by atoms with van der Waals surface area (Å²) in [5.74, 6) is -0.0285. The molecule has 5 nitrogen and oxygen atoms in total. The SMILES string of the molecule is Cc1ccc(S[C@]2(C(=O)NC(C)C)CC(=O)N(C3CCCCC3)[C@@H]2c2ccc(CO)cc2I)cc1. The quantitative estimate of drug-likeness (QED) is 0.394. The summed E-state index contributed by atoms with van der Waals surface area (Å²) < 4.78 is -0.0183. The van der Waals surface area contributed by atoms with Crippen LogP contribution in [0.3, 0.4) is 0 Å². The van der Waals surface area contributed by atoms with Gasteiger partial charge in [0.25, 0.3) is 0 Å². The molecule has 2 atom stereocenters. The standard InChI is InChI=1S/C28H35IN2O3S/c1-18(2)30-27(34)28(35-22-12-9-19(3)10-13-22)16-25(33)31(21-7-5-4-6-8-21)26(28)23-14-11-20(17-32)15-24(23)29/h9-15,18,21,26,32H,4-8,16-17H2,1-3H3,(H,30,34)/t26-,28-/m1/s1. The number of aliphatic hydroxyl groups is 1. The minimum atomic E-state index is -0.991. The van der Waals surface area contributed by atoms with E-state index in [1.807, 2.05) is 39.0 Å². The number of hydrogen-bond donors (Lipinski definition) is 2. The molecule has 1 heterocycles. The van der Waals surface area contributed by atoms with Crippen molar-refractivity contribution in [2.45, 2.75) is 93.7 Å². The van der Waals surface area contributed by atoms with E-state index in [0.29, 0.717) is 0 Å². The highest BCUT2D eigenvalue weighted by molar-refractivity contribution is 14.1. The molecule has 0 spiro atoms. The van der Waals surface area contributed by atoms with Gasteiger partial charge in [-0.2, -0.15) is 0 Å². The van der Waals surface area contributed by atoms with Gasteiger partial charge in [0.05, 0.1) is 19.1 Å². The number of thioether (sulfide) groups is 1. The molecule has 1 saturated carbocycles. The Bertz CT molecular complexity index is 1070. The largest absolute Gasteiger partial charge is 0.392 e. The Morgan fingerprint density at radius 1 is 1.17 bits per heavy atom. The van der Waals surface area contributed by atoms with Gasteiger partial charge in [-0.25, -0.2) is 0 Å². The third-order valence-electron chi connectivity index (χ3n) is 7.06. The van der Waals surface area contributed by atoms with Crippen LogP contribution in [0.15, 0.2) is 47.4 Å². The van der Waals surface area contributed by atoms with Crippen LogP contribution < -0.4 is 5.32 Å². The molecule has 1 aliphatic carbocycles. The molecule has 2 amide bonds. The maximum atomic E-state index is 14.1. The van der Waals surface area contributed by atoms with Crippen LogP contribution >= 0.6 is 34.4 Å². The van der Waals surface area contributed by atoms with E-state index in [1.54, 1.807) is 0 Å². The van der Waals surface area contributed by atoms with Gasteiger partial charge in [0.15, 0.2) is 0 Å². The normalized spacial score (nSPS) is 23.2. The number of benzene rings is 2.